The van der Waals surface area contributed by atoms with Gasteiger partial charge < -0.3 is 15.0 Å². The van der Waals surface area contributed by atoms with E-state index >= 15 is 0 Å². The van der Waals surface area contributed by atoms with Crippen LogP contribution in [0, 0.1) is 6.92 Å². The Kier molecular flexibility index (Phi) is 4.33. The Morgan fingerprint density at radius 1 is 1.22 bits per heavy atom. The molecule has 1 amide bonds. The minimum Gasteiger partial charge on any atom is -0.497 e. The lowest BCUT2D eigenvalue weighted by molar-refractivity contribution is 0.0953. The van der Waals surface area contributed by atoms with Gasteiger partial charge in [0.25, 0.3) is 5.91 Å². The molecule has 3 aromatic rings. The molecule has 23 heavy (non-hydrogen) atoms. The van der Waals surface area contributed by atoms with Gasteiger partial charge in [-0.15, -0.1) is 0 Å². The van der Waals surface area contributed by atoms with Crippen LogP contribution in [0.5, 0.6) is 5.75 Å². The Morgan fingerprint density at radius 3 is 2.83 bits per heavy atom. The van der Waals surface area contributed by atoms with Gasteiger partial charge in [-0.1, -0.05) is 18.2 Å². The fourth-order valence-corrected chi connectivity index (χ4v) is 2.76. The summed E-state index contributed by atoms with van der Waals surface area (Å²) in [6.45, 7) is 2.52. The van der Waals surface area contributed by atoms with Crippen LogP contribution in [-0.2, 0) is 6.42 Å². The number of aryl methyl sites for hydroxylation is 1. The second-order valence-electron chi connectivity index (χ2n) is 5.55. The number of nitrogens with one attached hydrogen (secondary N) is 2. The minimum absolute atomic E-state index is 0.0509. The van der Waals surface area contributed by atoms with Crippen molar-refractivity contribution in [2.75, 3.05) is 13.7 Å². The number of carbonyl (C=O) groups is 1. The van der Waals surface area contributed by atoms with Gasteiger partial charge in [-0.25, -0.2) is 0 Å². The van der Waals surface area contributed by atoms with Gasteiger partial charge >= 0.3 is 0 Å². The maximum Gasteiger partial charge on any atom is 0.251 e. The lowest BCUT2D eigenvalue weighted by Crippen LogP contribution is -2.26. The third-order valence-corrected chi connectivity index (χ3v) is 4.03. The standard InChI is InChI=1S/C19H20N2O2/c1-13-11-15(23-2)7-8-16(13)19(22)20-10-9-14-12-21-18-6-4-3-5-17(14)18/h3-8,11-12,21H,9-10H2,1-2H3,(H,20,22). The number of hydrogen-bond donors (Lipinski definition) is 2. The van der Waals surface area contributed by atoms with Gasteiger partial charge in [-0.05, 0) is 48.7 Å². The van der Waals surface area contributed by atoms with E-state index < -0.39 is 0 Å². The van der Waals surface area contributed by atoms with Gasteiger partial charge in [0.05, 0.1) is 7.11 Å². The summed E-state index contributed by atoms with van der Waals surface area (Å²) in [4.78, 5) is 15.6. The van der Waals surface area contributed by atoms with E-state index in [1.54, 1.807) is 13.2 Å². The van der Waals surface area contributed by atoms with Crippen LogP contribution in [0.4, 0.5) is 0 Å². The molecule has 0 aliphatic carbocycles. The number of carbonyl (C=O) groups excluding carboxylic acids is 1. The highest BCUT2D eigenvalue weighted by Gasteiger charge is 2.10. The number of H-pyrrole nitrogens is 1. The van der Waals surface area contributed by atoms with Gasteiger partial charge in [0, 0.05) is 29.2 Å². The zero-order valence-corrected chi connectivity index (χ0v) is 13.3. The number of rotatable bonds is 5. The average Bonchev–Trinajstić information content (AvgIpc) is 2.98. The predicted octanol–water partition coefficient (Wildman–Crippen LogP) is 3.46. The first-order valence-electron chi connectivity index (χ1n) is 7.67. The van der Waals surface area contributed by atoms with Crippen molar-refractivity contribution in [1.29, 1.82) is 0 Å². The van der Waals surface area contributed by atoms with E-state index in [0.717, 1.165) is 23.3 Å². The molecule has 118 valence electrons. The summed E-state index contributed by atoms with van der Waals surface area (Å²) in [5.74, 6) is 0.711. The third kappa shape index (κ3) is 3.21. The van der Waals surface area contributed by atoms with Gasteiger partial charge in [-0.3, -0.25) is 4.79 Å². The van der Waals surface area contributed by atoms with Crippen molar-refractivity contribution in [1.82, 2.24) is 10.3 Å². The fourth-order valence-electron chi connectivity index (χ4n) is 2.76. The molecular formula is C19H20N2O2. The Bertz CT molecular complexity index is 836. The molecule has 0 saturated heterocycles. The molecule has 0 aliphatic rings. The van der Waals surface area contributed by atoms with Crippen LogP contribution in [0.3, 0.4) is 0 Å². The number of benzene rings is 2. The lowest BCUT2D eigenvalue weighted by Gasteiger charge is -2.09. The largest absolute Gasteiger partial charge is 0.497 e. The maximum atomic E-state index is 12.3. The first kappa shape index (κ1) is 15.2. The summed E-state index contributed by atoms with van der Waals surface area (Å²) >= 11 is 0. The first-order valence-corrected chi connectivity index (χ1v) is 7.67. The second-order valence-corrected chi connectivity index (χ2v) is 5.55. The predicted molar refractivity (Wildman–Crippen MR) is 92.1 cm³/mol. The quantitative estimate of drug-likeness (QED) is 0.758. The summed E-state index contributed by atoms with van der Waals surface area (Å²) < 4.78 is 5.17. The number of fused-ring (bicyclic) bond motifs is 1. The zero-order valence-electron chi connectivity index (χ0n) is 13.3. The van der Waals surface area contributed by atoms with Crippen LogP contribution in [0.15, 0.2) is 48.7 Å². The van der Waals surface area contributed by atoms with E-state index in [1.807, 2.05) is 37.4 Å². The molecule has 4 nitrogen and oxygen atoms in total. The average molecular weight is 308 g/mol. The van der Waals surface area contributed by atoms with Crippen molar-refractivity contribution in [3.05, 3.63) is 65.4 Å². The van der Waals surface area contributed by atoms with Crippen LogP contribution < -0.4 is 10.1 Å². The molecule has 0 aliphatic heterocycles. The molecule has 2 N–H and O–H groups in total. The Balaban J connectivity index is 1.63. The maximum absolute atomic E-state index is 12.3. The molecule has 1 aromatic heterocycles. The summed E-state index contributed by atoms with van der Waals surface area (Å²) in [5.41, 5.74) is 3.94. The zero-order chi connectivity index (χ0) is 16.2. The highest BCUT2D eigenvalue weighted by molar-refractivity contribution is 5.95. The van der Waals surface area contributed by atoms with Crippen molar-refractivity contribution in [3.8, 4) is 5.75 Å². The molecular weight excluding hydrogens is 288 g/mol. The highest BCUT2D eigenvalue weighted by atomic mass is 16.5. The van der Waals surface area contributed by atoms with E-state index in [4.69, 9.17) is 4.74 Å². The van der Waals surface area contributed by atoms with E-state index in [0.29, 0.717) is 12.1 Å². The highest BCUT2D eigenvalue weighted by Crippen LogP contribution is 2.18. The monoisotopic (exact) mass is 308 g/mol. The van der Waals surface area contributed by atoms with Gasteiger partial charge in [-0.2, -0.15) is 0 Å². The van der Waals surface area contributed by atoms with E-state index in [-0.39, 0.29) is 5.91 Å². The van der Waals surface area contributed by atoms with Crippen LogP contribution in [0.1, 0.15) is 21.5 Å². The smallest absolute Gasteiger partial charge is 0.251 e. The molecule has 2 aromatic carbocycles. The summed E-state index contributed by atoms with van der Waals surface area (Å²) in [6.07, 6.45) is 2.81. The number of aromatic amines is 1. The molecule has 0 spiro atoms. The number of hydrogen-bond acceptors (Lipinski definition) is 2. The molecule has 4 heteroatoms. The van der Waals surface area contributed by atoms with Crippen LogP contribution >= 0.6 is 0 Å². The Morgan fingerprint density at radius 2 is 2.04 bits per heavy atom. The van der Waals surface area contributed by atoms with Crippen LogP contribution in [-0.4, -0.2) is 24.5 Å². The van der Waals surface area contributed by atoms with Gasteiger partial charge in [0.15, 0.2) is 0 Å². The van der Waals surface area contributed by atoms with Crippen molar-refractivity contribution in [2.24, 2.45) is 0 Å². The summed E-state index contributed by atoms with van der Waals surface area (Å²) in [7, 11) is 1.62. The Hall–Kier alpha value is -2.75. The third-order valence-electron chi connectivity index (χ3n) is 4.03. The van der Waals surface area contributed by atoms with E-state index in [9.17, 15) is 4.79 Å². The Labute approximate surface area is 135 Å². The molecule has 0 saturated carbocycles. The van der Waals surface area contributed by atoms with Crippen molar-refractivity contribution in [2.45, 2.75) is 13.3 Å². The molecule has 0 unspecified atom stereocenters. The molecule has 3 rings (SSSR count). The van der Waals surface area contributed by atoms with E-state index in [2.05, 4.69) is 22.4 Å². The normalized spacial score (nSPS) is 10.7. The van der Waals surface area contributed by atoms with Crippen molar-refractivity contribution >= 4 is 16.8 Å². The topological polar surface area (TPSA) is 54.1 Å². The number of methoxy groups -OCH3 is 1. The SMILES string of the molecule is COc1ccc(C(=O)NCCc2c[nH]c3ccccc23)c(C)c1. The van der Waals surface area contributed by atoms with Crippen molar-refractivity contribution in [3.63, 3.8) is 0 Å². The van der Waals surface area contributed by atoms with Crippen molar-refractivity contribution < 1.29 is 9.53 Å². The minimum atomic E-state index is -0.0509. The molecule has 0 atom stereocenters. The molecule has 0 radical (unpaired) electrons. The molecule has 1 heterocycles. The van der Waals surface area contributed by atoms with Crippen LogP contribution in [0.25, 0.3) is 10.9 Å². The fraction of sp³-hybridized carbons (Fsp3) is 0.211. The molecule has 0 bridgehead atoms. The number of aromatic nitrogens is 1. The lowest BCUT2D eigenvalue weighted by atomic mass is 10.1. The second kappa shape index (κ2) is 6.57. The van der Waals surface area contributed by atoms with Crippen LogP contribution in [0.2, 0.25) is 0 Å². The summed E-state index contributed by atoms with van der Waals surface area (Å²) in [6, 6.07) is 13.7. The number of amides is 1. The van der Waals surface area contributed by atoms with E-state index in [1.165, 1.54) is 10.9 Å². The number of para-hydroxylation sites is 1. The molecule has 0 fully saturated rings. The van der Waals surface area contributed by atoms with Gasteiger partial charge in [0.2, 0.25) is 0 Å². The van der Waals surface area contributed by atoms with Gasteiger partial charge in [0.1, 0.15) is 5.75 Å². The first-order chi connectivity index (χ1) is 11.2. The number of ether oxygens (including phenoxy) is 1. The summed E-state index contributed by atoms with van der Waals surface area (Å²) in [5, 5.41) is 4.20.